The number of hydrogen-bond donors (Lipinski definition) is 1. The summed E-state index contributed by atoms with van der Waals surface area (Å²) in [6.45, 7) is 2.97. The smallest absolute Gasteiger partial charge is 0.460 e. The third kappa shape index (κ3) is 6.52. The van der Waals surface area contributed by atoms with Crippen LogP contribution in [0.1, 0.15) is 13.3 Å². The number of nitro benzene ring substituents is 1. The molecule has 0 bridgehead atoms. The molecule has 1 unspecified atom stereocenters. The summed E-state index contributed by atoms with van der Waals surface area (Å²) in [6, 6.07) is 12.4. The maximum atomic E-state index is 13.5. The number of hydrogen-bond acceptors (Lipinski definition) is 8. The number of nitro groups is 1. The molecule has 1 aliphatic rings. The molecule has 1 N–H and O–H groups in total. The van der Waals surface area contributed by atoms with Crippen LogP contribution in [-0.2, 0) is 14.1 Å². The number of ether oxygens (including phenoxy) is 1. The molecule has 0 radical (unpaired) electrons. The van der Waals surface area contributed by atoms with E-state index in [1.54, 1.807) is 30.3 Å². The molecule has 1 aliphatic heterocycles. The second kappa shape index (κ2) is 9.91. The van der Waals surface area contributed by atoms with Gasteiger partial charge < -0.3 is 18.7 Å². The maximum Gasteiger partial charge on any atom is 0.513 e. The van der Waals surface area contributed by atoms with Gasteiger partial charge >= 0.3 is 13.7 Å². The number of likely N-dealkylation sites (tertiary alicyclic amines) is 1. The van der Waals surface area contributed by atoms with Crippen molar-refractivity contribution in [2.75, 3.05) is 20.1 Å². The molecule has 0 amide bonds. The quantitative estimate of drug-likeness (QED) is 0.266. The first-order valence-electron chi connectivity index (χ1n) is 9.70. The molecule has 1 fully saturated rings. The van der Waals surface area contributed by atoms with Gasteiger partial charge in [0, 0.05) is 25.2 Å². The highest BCUT2D eigenvalue weighted by atomic mass is 31.2. The zero-order valence-corrected chi connectivity index (χ0v) is 18.1. The molecule has 0 saturated carbocycles. The van der Waals surface area contributed by atoms with Gasteiger partial charge in [-0.3, -0.25) is 14.9 Å². The average Bonchev–Trinajstić information content (AvgIpc) is 3.13. The van der Waals surface area contributed by atoms with Crippen LogP contribution in [0.2, 0.25) is 0 Å². The second-order valence-corrected chi connectivity index (χ2v) is 8.82. The molecule has 3 atom stereocenters. The topological polar surface area (TPSA) is 120 Å². The van der Waals surface area contributed by atoms with Gasteiger partial charge in [0.05, 0.1) is 4.92 Å². The highest BCUT2D eigenvalue weighted by Crippen LogP contribution is 2.45. The van der Waals surface area contributed by atoms with E-state index in [0.717, 1.165) is 13.0 Å². The van der Waals surface area contributed by atoms with Gasteiger partial charge in [0.1, 0.15) is 23.6 Å². The van der Waals surface area contributed by atoms with Crippen molar-refractivity contribution in [2.24, 2.45) is 0 Å². The van der Waals surface area contributed by atoms with E-state index < -0.39 is 24.7 Å². The van der Waals surface area contributed by atoms with Gasteiger partial charge in [-0.15, -0.1) is 0 Å². The maximum absolute atomic E-state index is 13.5. The lowest BCUT2D eigenvalue weighted by atomic mass is 10.3. The molecule has 10 nitrogen and oxygen atoms in total. The molecule has 0 aromatic heterocycles. The van der Waals surface area contributed by atoms with Crippen LogP contribution in [0, 0.1) is 10.1 Å². The van der Waals surface area contributed by atoms with E-state index >= 15 is 0 Å². The van der Waals surface area contributed by atoms with E-state index in [1.165, 1.54) is 31.2 Å². The number of non-ortho nitro benzene ring substituents is 1. The van der Waals surface area contributed by atoms with E-state index in [4.69, 9.17) is 13.8 Å². The van der Waals surface area contributed by atoms with Crippen molar-refractivity contribution in [1.82, 2.24) is 9.99 Å². The number of esters is 1. The Morgan fingerprint density at radius 2 is 1.77 bits per heavy atom. The van der Waals surface area contributed by atoms with E-state index in [1.807, 2.05) is 7.05 Å². The molecule has 166 valence electrons. The Kier molecular flexibility index (Phi) is 7.27. The van der Waals surface area contributed by atoms with Crippen molar-refractivity contribution >= 4 is 19.4 Å². The largest absolute Gasteiger partial charge is 0.513 e. The van der Waals surface area contributed by atoms with E-state index in [0.29, 0.717) is 6.54 Å². The van der Waals surface area contributed by atoms with Gasteiger partial charge in [-0.1, -0.05) is 18.2 Å². The zero-order chi connectivity index (χ0) is 22.4. The molecule has 2 aromatic carbocycles. The Hall–Kier alpha value is -2.94. The fourth-order valence-electron chi connectivity index (χ4n) is 3.01. The molecule has 11 heteroatoms. The lowest BCUT2D eigenvalue weighted by molar-refractivity contribution is -0.384. The number of carbonyl (C=O) groups is 1. The van der Waals surface area contributed by atoms with Gasteiger partial charge in [0.2, 0.25) is 0 Å². The minimum absolute atomic E-state index is 0.0790. The third-order valence-corrected chi connectivity index (χ3v) is 6.18. The molecule has 31 heavy (non-hydrogen) atoms. The van der Waals surface area contributed by atoms with Crippen LogP contribution in [0.5, 0.6) is 11.5 Å². The van der Waals surface area contributed by atoms with Crippen molar-refractivity contribution in [1.29, 1.82) is 0 Å². The molecular weight excluding hydrogens is 425 g/mol. The highest BCUT2D eigenvalue weighted by molar-refractivity contribution is 7.52. The fraction of sp³-hybridized carbons (Fsp3) is 0.350. The number of benzene rings is 2. The van der Waals surface area contributed by atoms with Gasteiger partial charge in [-0.05, 0) is 44.7 Å². The summed E-state index contributed by atoms with van der Waals surface area (Å²) in [5.41, 5.74) is -0.141. The summed E-state index contributed by atoms with van der Waals surface area (Å²) >= 11 is 0. The van der Waals surface area contributed by atoms with Gasteiger partial charge in [0.15, 0.2) is 0 Å². The van der Waals surface area contributed by atoms with Crippen LogP contribution < -0.4 is 14.1 Å². The zero-order valence-electron chi connectivity index (χ0n) is 17.2. The first-order valence-corrected chi connectivity index (χ1v) is 11.2. The highest BCUT2D eigenvalue weighted by Gasteiger charge is 2.35. The summed E-state index contributed by atoms with van der Waals surface area (Å²) in [7, 11) is -2.16. The molecule has 1 heterocycles. The van der Waals surface area contributed by atoms with Crippen molar-refractivity contribution in [2.45, 2.75) is 25.5 Å². The standard InChI is InChI=1S/C20H24N3O7P/c1-15(20(24)28-19-12-13-22(2)14-19)21-31(27,29-17-6-4-3-5-7-17)30-18-10-8-16(9-11-18)23(25)26/h3-11,15,19H,12-14H2,1-2H3,(H,21,27)/t15-,19-,31?/m0/s1. The summed E-state index contributed by atoms with van der Waals surface area (Å²) in [4.78, 5) is 24.8. The first-order chi connectivity index (χ1) is 14.7. The van der Waals surface area contributed by atoms with Crippen LogP contribution in [0.25, 0.3) is 0 Å². The Balaban J connectivity index is 1.74. The Morgan fingerprint density at radius 3 is 2.32 bits per heavy atom. The van der Waals surface area contributed by atoms with Crippen LogP contribution in [0.3, 0.4) is 0 Å². The predicted octanol–water partition coefficient (Wildman–Crippen LogP) is 3.39. The molecule has 2 aromatic rings. The van der Waals surface area contributed by atoms with Gasteiger partial charge in [0.25, 0.3) is 5.69 Å². The van der Waals surface area contributed by atoms with Crippen LogP contribution in [-0.4, -0.2) is 48.1 Å². The van der Waals surface area contributed by atoms with Crippen LogP contribution >= 0.6 is 7.75 Å². The minimum Gasteiger partial charge on any atom is -0.460 e. The van der Waals surface area contributed by atoms with Crippen molar-refractivity contribution in [3.05, 3.63) is 64.7 Å². The molecule has 3 rings (SSSR count). The van der Waals surface area contributed by atoms with Crippen LogP contribution in [0.4, 0.5) is 5.69 Å². The number of carbonyl (C=O) groups excluding carboxylic acids is 1. The Bertz CT molecular complexity index is 955. The molecule has 0 spiro atoms. The van der Waals surface area contributed by atoms with Gasteiger partial charge in [-0.2, -0.15) is 5.09 Å². The van der Waals surface area contributed by atoms with E-state index in [2.05, 4.69) is 9.99 Å². The SMILES string of the molecule is C[C@H](NP(=O)(Oc1ccccc1)Oc1ccc([N+](=O)[O-])cc1)C(=O)O[C@H]1CCN(C)C1. The molecule has 0 aliphatic carbocycles. The predicted molar refractivity (Wildman–Crippen MR) is 113 cm³/mol. The van der Waals surface area contributed by atoms with E-state index in [-0.39, 0.29) is 23.3 Å². The summed E-state index contributed by atoms with van der Waals surface area (Å²) < 4.78 is 30.0. The van der Waals surface area contributed by atoms with Crippen molar-refractivity contribution in [3.63, 3.8) is 0 Å². The monoisotopic (exact) mass is 449 g/mol. The third-order valence-electron chi connectivity index (χ3n) is 4.58. The summed E-state index contributed by atoms with van der Waals surface area (Å²) in [6.07, 6.45) is 0.499. The first kappa shape index (κ1) is 22.7. The summed E-state index contributed by atoms with van der Waals surface area (Å²) in [5.74, 6) is -0.238. The van der Waals surface area contributed by atoms with Crippen molar-refractivity contribution in [3.8, 4) is 11.5 Å². The number of para-hydroxylation sites is 1. The van der Waals surface area contributed by atoms with Gasteiger partial charge in [-0.25, -0.2) is 4.57 Å². The Morgan fingerprint density at radius 1 is 1.16 bits per heavy atom. The molecular formula is C20H24N3O7P. The normalized spacial score (nSPS) is 19.2. The number of nitrogens with one attached hydrogen (secondary N) is 1. The Labute approximate surface area is 179 Å². The minimum atomic E-state index is -4.10. The number of nitrogens with zero attached hydrogens (tertiary/aromatic N) is 2. The average molecular weight is 449 g/mol. The lowest BCUT2D eigenvalue weighted by Crippen LogP contribution is -2.38. The van der Waals surface area contributed by atoms with Crippen LogP contribution in [0.15, 0.2) is 54.6 Å². The molecule has 1 saturated heterocycles. The van der Waals surface area contributed by atoms with E-state index in [9.17, 15) is 19.5 Å². The lowest BCUT2D eigenvalue weighted by Gasteiger charge is -2.24. The fourth-order valence-corrected chi connectivity index (χ4v) is 4.53. The number of likely N-dealkylation sites (N-methyl/N-ethyl adjacent to an activating group) is 1. The summed E-state index contributed by atoms with van der Waals surface area (Å²) in [5, 5.41) is 13.4. The second-order valence-electron chi connectivity index (χ2n) is 7.20. The number of rotatable bonds is 9. The van der Waals surface area contributed by atoms with Crippen molar-refractivity contribution < 1.29 is 28.1 Å².